The summed E-state index contributed by atoms with van der Waals surface area (Å²) in [6, 6.07) is 21.7. The summed E-state index contributed by atoms with van der Waals surface area (Å²) in [5.41, 5.74) is 2.03. The molecule has 2 amide bonds. The Labute approximate surface area is 238 Å². The number of hydrogen-bond acceptors (Lipinski definition) is 7. The summed E-state index contributed by atoms with van der Waals surface area (Å²) in [7, 11) is 0. The van der Waals surface area contributed by atoms with Gasteiger partial charge < -0.3 is 10.1 Å². The lowest BCUT2D eigenvalue weighted by atomic mass is 10.1. The van der Waals surface area contributed by atoms with Gasteiger partial charge in [0.05, 0.1) is 40.4 Å². The molecule has 1 N–H and O–H groups in total. The molecule has 9 heteroatoms. The van der Waals surface area contributed by atoms with Crippen molar-refractivity contribution >= 4 is 22.7 Å². The highest BCUT2D eigenvalue weighted by molar-refractivity contribution is 6.21. The van der Waals surface area contributed by atoms with Gasteiger partial charge in [-0.1, -0.05) is 36.4 Å². The smallest absolute Gasteiger partial charge is 0.266 e. The van der Waals surface area contributed by atoms with Gasteiger partial charge in [-0.15, -0.1) is 0 Å². The maximum absolute atomic E-state index is 14.1. The quantitative estimate of drug-likeness (QED) is 0.316. The van der Waals surface area contributed by atoms with Crippen molar-refractivity contribution in [3.63, 3.8) is 0 Å². The molecule has 0 radical (unpaired) electrons. The van der Waals surface area contributed by atoms with E-state index in [4.69, 9.17) is 9.72 Å². The summed E-state index contributed by atoms with van der Waals surface area (Å²) in [4.78, 5) is 48.9. The number of benzene rings is 3. The molecule has 9 nitrogen and oxygen atoms in total. The van der Waals surface area contributed by atoms with Crippen LogP contribution in [0.5, 0.6) is 5.75 Å². The largest absolute Gasteiger partial charge is 0.492 e. The fraction of sp³-hybridized carbons (Fsp3) is 0.312. The van der Waals surface area contributed by atoms with Gasteiger partial charge in [0, 0.05) is 32.7 Å². The molecule has 2 aliphatic heterocycles. The summed E-state index contributed by atoms with van der Waals surface area (Å²) in [5.74, 6) is 0.733. The van der Waals surface area contributed by atoms with Crippen LogP contribution in [0.4, 0.5) is 0 Å². The first kappa shape index (κ1) is 26.9. The third-order valence-electron chi connectivity index (χ3n) is 7.84. The van der Waals surface area contributed by atoms with E-state index in [2.05, 4.69) is 10.2 Å². The zero-order valence-electron chi connectivity index (χ0n) is 23.1. The Morgan fingerprint density at radius 3 is 2.27 bits per heavy atom. The van der Waals surface area contributed by atoms with Crippen molar-refractivity contribution in [2.45, 2.75) is 25.8 Å². The second-order valence-electron chi connectivity index (χ2n) is 10.3. The predicted octanol–water partition coefficient (Wildman–Crippen LogP) is 3.81. The fourth-order valence-electron chi connectivity index (χ4n) is 5.88. The topological polar surface area (TPSA) is 96.8 Å². The maximum Gasteiger partial charge on any atom is 0.266 e. The van der Waals surface area contributed by atoms with Crippen molar-refractivity contribution in [1.82, 2.24) is 24.7 Å². The zero-order chi connectivity index (χ0) is 28.3. The summed E-state index contributed by atoms with van der Waals surface area (Å²) < 4.78 is 7.65. The van der Waals surface area contributed by atoms with Crippen molar-refractivity contribution in [1.29, 1.82) is 0 Å². The van der Waals surface area contributed by atoms with E-state index < -0.39 is 0 Å². The van der Waals surface area contributed by atoms with Crippen LogP contribution in [-0.4, -0.2) is 70.5 Å². The second-order valence-corrected chi connectivity index (χ2v) is 10.3. The number of carbonyl (C=O) groups is 2. The molecule has 6 rings (SSSR count). The molecule has 210 valence electrons. The third-order valence-corrected chi connectivity index (χ3v) is 7.84. The van der Waals surface area contributed by atoms with Gasteiger partial charge in [-0.2, -0.15) is 0 Å². The fourth-order valence-corrected chi connectivity index (χ4v) is 5.88. The molecule has 2 aliphatic rings. The molecule has 4 aromatic rings. The van der Waals surface area contributed by atoms with Gasteiger partial charge in [0.25, 0.3) is 17.4 Å². The Hall–Kier alpha value is -4.34. The molecule has 1 unspecified atom stereocenters. The van der Waals surface area contributed by atoms with Crippen LogP contribution in [0, 0.1) is 0 Å². The number of hydrogen-bond donors (Lipinski definition) is 1. The van der Waals surface area contributed by atoms with E-state index in [9.17, 15) is 14.4 Å². The highest BCUT2D eigenvalue weighted by atomic mass is 16.5. The normalized spacial score (nSPS) is 16.3. The number of amides is 2. The van der Waals surface area contributed by atoms with Crippen molar-refractivity contribution < 1.29 is 14.3 Å². The van der Waals surface area contributed by atoms with E-state index in [0.717, 1.165) is 26.2 Å². The van der Waals surface area contributed by atoms with Crippen LogP contribution < -0.4 is 15.6 Å². The van der Waals surface area contributed by atoms with Gasteiger partial charge in [0.15, 0.2) is 0 Å². The van der Waals surface area contributed by atoms with Gasteiger partial charge in [0.2, 0.25) is 0 Å². The van der Waals surface area contributed by atoms with Crippen LogP contribution in [0.2, 0.25) is 0 Å². The predicted molar refractivity (Wildman–Crippen MR) is 157 cm³/mol. The standard InChI is InChI=1S/C32H33N5O4/c1-2-41-28-16-8-7-14-26(28)37-29(34-25-13-6-5-12-24(25)32(37)40)27(35-20-17-33-18-21-35)15-9-19-36-30(38)22-10-3-4-11-23(22)31(36)39/h3-8,10-14,16,27,33H,2,9,15,17-21H2,1H3. The highest BCUT2D eigenvalue weighted by Gasteiger charge is 2.35. The number of fused-ring (bicyclic) bond motifs is 2. The van der Waals surface area contributed by atoms with Crippen LogP contribution in [0.3, 0.4) is 0 Å². The molecule has 41 heavy (non-hydrogen) atoms. The van der Waals surface area contributed by atoms with Crippen LogP contribution in [0.25, 0.3) is 16.6 Å². The number of piperazine rings is 1. The van der Waals surface area contributed by atoms with Gasteiger partial charge >= 0.3 is 0 Å². The molecular weight excluding hydrogens is 518 g/mol. The average Bonchev–Trinajstić information content (AvgIpc) is 3.25. The Balaban J connectivity index is 1.40. The number of nitrogens with one attached hydrogen (secondary N) is 1. The molecule has 1 atom stereocenters. The average molecular weight is 552 g/mol. The number of imide groups is 1. The first-order valence-corrected chi connectivity index (χ1v) is 14.2. The molecular formula is C32H33N5O4. The van der Waals surface area contributed by atoms with E-state index in [-0.39, 0.29) is 23.4 Å². The van der Waals surface area contributed by atoms with Crippen LogP contribution in [0.1, 0.15) is 52.3 Å². The molecule has 1 saturated heterocycles. The third kappa shape index (κ3) is 5.03. The van der Waals surface area contributed by atoms with Crippen LogP contribution in [-0.2, 0) is 0 Å². The SMILES string of the molecule is CCOc1ccccc1-n1c(C(CCCN2C(=O)c3ccccc3C2=O)N2CCNCC2)nc2ccccc2c1=O. The van der Waals surface area contributed by atoms with E-state index in [1.807, 2.05) is 49.4 Å². The number of nitrogens with zero attached hydrogens (tertiary/aromatic N) is 4. The lowest BCUT2D eigenvalue weighted by molar-refractivity contribution is 0.0644. The zero-order valence-corrected chi connectivity index (χ0v) is 23.1. The maximum atomic E-state index is 14.1. The van der Waals surface area contributed by atoms with Crippen LogP contribution in [0.15, 0.2) is 77.6 Å². The monoisotopic (exact) mass is 551 g/mol. The van der Waals surface area contributed by atoms with E-state index in [1.165, 1.54) is 4.90 Å². The van der Waals surface area contributed by atoms with Gasteiger partial charge in [-0.3, -0.25) is 28.8 Å². The highest BCUT2D eigenvalue weighted by Crippen LogP contribution is 2.31. The van der Waals surface area contributed by atoms with Gasteiger partial charge in [-0.05, 0) is 56.2 Å². The van der Waals surface area contributed by atoms with E-state index >= 15 is 0 Å². The van der Waals surface area contributed by atoms with Gasteiger partial charge in [-0.25, -0.2) is 4.98 Å². The number of ether oxygens (including phenoxy) is 1. The second kappa shape index (κ2) is 11.6. The Morgan fingerprint density at radius 1 is 0.878 bits per heavy atom. The van der Waals surface area contributed by atoms with Crippen LogP contribution >= 0.6 is 0 Å². The Bertz CT molecular complexity index is 1620. The summed E-state index contributed by atoms with van der Waals surface area (Å²) in [6.45, 7) is 5.89. The van der Waals surface area contributed by atoms with Crippen molar-refractivity contribution in [2.24, 2.45) is 0 Å². The summed E-state index contributed by atoms with van der Waals surface area (Å²) >= 11 is 0. The lowest BCUT2D eigenvalue weighted by Crippen LogP contribution is -2.46. The van der Waals surface area contributed by atoms with E-state index in [1.54, 1.807) is 34.9 Å². The Kier molecular flexibility index (Phi) is 7.63. The molecule has 0 bridgehead atoms. The summed E-state index contributed by atoms with van der Waals surface area (Å²) in [5, 5.41) is 3.94. The minimum Gasteiger partial charge on any atom is -0.492 e. The van der Waals surface area contributed by atoms with Crippen molar-refractivity contribution in [3.05, 3.63) is 100 Å². The lowest BCUT2D eigenvalue weighted by Gasteiger charge is -2.36. The Morgan fingerprint density at radius 2 is 1.54 bits per heavy atom. The number of carbonyl (C=O) groups excluding carboxylic acids is 2. The molecule has 0 saturated carbocycles. The van der Waals surface area contributed by atoms with Gasteiger partial charge in [0.1, 0.15) is 11.6 Å². The first-order chi connectivity index (χ1) is 20.1. The minimum absolute atomic E-state index is 0.154. The number of aromatic nitrogens is 2. The molecule has 1 aromatic heterocycles. The number of para-hydroxylation sites is 3. The van der Waals surface area contributed by atoms with Crippen molar-refractivity contribution in [3.8, 4) is 11.4 Å². The number of rotatable bonds is 9. The van der Waals surface area contributed by atoms with Crippen molar-refractivity contribution in [2.75, 3.05) is 39.3 Å². The molecule has 1 fully saturated rings. The first-order valence-electron chi connectivity index (χ1n) is 14.2. The minimum atomic E-state index is -0.254. The summed E-state index contributed by atoms with van der Waals surface area (Å²) in [6.07, 6.45) is 1.17. The molecule has 0 spiro atoms. The molecule has 3 aromatic carbocycles. The van der Waals surface area contributed by atoms with E-state index in [0.29, 0.717) is 65.3 Å². The molecule has 3 heterocycles. The molecule has 0 aliphatic carbocycles.